The minimum atomic E-state index is -0.0956. The Bertz CT molecular complexity index is 909. The lowest BCUT2D eigenvalue weighted by Gasteiger charge is -2.34. The van der Waals surface area contributed by atoms with Gasteiger partial charge >= 0.3 is 0 Å². The average Bonchev–Trinajstić information content (AvgIpc) is 3.17. The molecule has 146 valence electrons. The number of para-hydroxylation sites is 1. The Balaban J connectivity index is 1.29. The molecular weight excluding hydrogens is 366 g/mol. The number of benzene rings is 2. The van der Waals surface area contributed by atoms with Gasteiger partial charge in [-0.2, -0.15) is 0 Å². The van der Waals surface area contributed by atoms with Crippen LogP contribution in [-0.4, -0.2) is 34.9 Å². The number of nitrogens with zero attached hydrogens (tertiary/aromatic N) is 2. The highest BCUT2D eigenvalue weighted by molar-refractivity contribution is 7.18. The van der Waals surface area contributed by atoms with Gasteiger partial charge in [-0.25, -0.2) is 4.98 Å². The number of nitrogens with one attached hydrogen (secondary N) is 1. The second-order valence-corrected chi connectivity index (χ2v) is 8.77. The van der Waals surface area contributed by atoms with E-state index in [1.807, 2.05) is 24.3 Å². The maximum absolute atomic E-state index is 12.6. The number of hydrogen-bond acceptors (Lipinski definition) is 4. The molecule has 3 aromatic rings. The van der Waals surface area contributed by atoms with Crippen molar-refractivity contribution in [3.05, 3.63) is 64.7 Å². The molecule has 0 bridgehead atoms. The van der Waals surface area contributed by atoms with E-state index in [2.05, 4.69) is 59.6 Å². The number of aromatic nitrogens is 1. The van der Waals surface area contributed by atoms with Gasteiger partial charge in [0.15, 0.2) is 0 Å². The van der Waals surface area contributed by atoms with E-state index in [9.17, 15) is 4.79 Å². The van der Waals surface area contributed by atoms with Crippen LogP contribution in [0.1, 0.15) is 41.8 Å². The third kappa shape index (κ3) is 4.26. The molecular formula is C23H27N3OS. The van der Waals surface area contributed by atoms with Crippen molar-refractivity contribution in [1.82, 2.24) is 15.2 Å². The predicted octanol–water partition coefficient (Wildman–Crippen LogP) is 4.49. The van der Waals surface area contributed by atoms with Crippen molar-refractivity contribution in [3.63, 3.8) is 0 Å². The Morgan fingerprint density at radius 2 is 1.89 bits per heavy atom. The Labute approximate surface area is 170 Å². The van der Waals surface area contributed by atoms with E-state index in [1.165, 1.54) is 15.3 Å². The summed E-state index contributed by atoms with van der Waals surface area (Å²) >= 11 is 1.82. The smallest absolute Gasteiger partial charge is 0.237 e. The lowest BCUT2D eigenvalue weighted by Crippen LogP contribution is -2.47. The largest absolute Gasteiger partial charge is 0.351 e. The summed E-state index contributed by atoms with van der Waals surface area (Å²) in [5.41, 5.74) is 3.48. The van der Waals surface area contributed by atoms with Crippen molar-refractivity contribution in [1.29, 1.82) is 0 Å². The number of rotatable bonds is 5. The van der Waals surface area contributed by atoms with Gasteiger partial charge in [-0.3, -0.25) is 9.69 Å². The Kier molecular flexibility index (Phi) is 5.74. The van der Waals surface area contributed by atoms with Gasteiger partial charge in [0.05, 0.1) is 21.3 Å². The van der Waals surface area contributed by atoms with Crippen LogP contribution in [0.4, 0.5) is 0 Å². The van der Waals surface area contributed by atoms with E-state index in [0.29, 0.717) is 12.5 Å². The van der Waals surface area contributed by atoms with Crippen molar-refractivity contribution in [3.8, 4) is 0 Å². The molecule has 28 heavy (non-hydrogen) atoms. The highest BCUT2D eigenvalue weighted by Gasteiger charge is 2.28. The van der Waals surface area contributed by atoms with Crippen molar-refractivity contribution < 1.29 is 4.79 Å². The summed E-state index contributed by atoms with van der Waals surface area (Å²) < 4.78 is 1.27. The standard InChI is InChI=1S/C23H27N3OS/c1-16-7-9-18(10-8-16)15-24-22(27)17(2)26-13-11-19(12-14-26)23-25-20-5-3-4-6-21(20)28-23/h3-10,17,19H,11-15H2,1-2H3,(H,24,27)/t17-/m0/s1. The monoisotopic (exact) mass is 393 g/mol. The lowest BCUT2D eigenvalue weighted by atomic mass is 9.96. The van der Waals surface area contributed by atoms with Crippen LogP contribution in [0.15, 0.2) is 48.5 Å². The van der Waals surface area contributed by atoms with E-state index >= 15 is 0 Å². The van der Waals surface area contributed by atoms with Gasteiger partial charge in [0, 0.05) is 12.5 Å². The van der Waals surface area contributed by atoms with Crippen LogP contribution >= 0.6 is 11.3 Å². The first-order valence-corrected chi connectivity index (χ1v) is 10.8. The molecule has 5 heteroatoms. The summed E-state index contributed by atoms with van der Waals surface area (Å²) in [5.74, 6) is 0.621. The van der Waals surface area contributed by atoms with Gasteiger partial charge in [0.25, 0.3) is 0 Å². The molecule has 1 saturated heterocycles. The molecule has 1 fully saturated rings. The number of carbonyl (C=O) groups is 1. The molecule has 1 atom stereocenters. The summed E-state index contributed by atoms with van der Waals surface area (Å²) in [6.45, 7) is 6.57. The number of carbonyl (C=O) groups excluding carboxylic acids is 1. The molecule has 0 aliphatic carbocycles. The van der Waals surface area contributed by atoms with Crippen LogP contribution in [0.2, 0.25) is 0 Å². The summed E-state index contributed by atoms with van der Waals surface area (Å²) in [5, 5.41) is 4.33. The predicted molar refractivity (Wildman–Crippen MR) is 116 cm³/mol. The molecule has 2 aromatic carbocycles. The highest BCUT2D eigenvalue weighted by atomic mass is 32.1. The zero-order chi connectivity index (χ0) is 19.5. The number of amides is 1. The minimum absolute atomic E-state index is 0.0956. The first-order chi connectivity index (χ1) is 13.6. The van der Waals surface area contributed by atoms with E-state index < -0.39 is 0 Å². The van der Waals surface area contributed by atoms with Crippen molar-refractivity contribution in [2.45, 2.75) is 45.2 Å². The van der Waals surface area contributed by atoms with Crippen LogP contribution in [0.3, 0.4) is 0 Å². The molecule has 1 amide bonds. The fraction of sp³-hybridized carbons (Fsp3) is 0.391. The molecule has 1 aromatic heterocycles. The molecule has 2 heterocycles. The summed E-state index contributed by atoms with van der Waals surface area (Å²) in [7, 11) is 0. The molecule has 0 saturated carbocycles. The summed E-state index contributed by atoms with van der Waals surface area (Å²) in [4.78, 5) is 19.7. The third-order valence-corrected chi connectivity index (χ3v) is 6.90. The maximum atomic E-state index is 12.6. The normalized spacial score (nSPS) is 16.9. The summed E-state index contributed by atoms with van der Waals surface area (Å²) in [6.07, 6.45) is 2.13. The molecule has 1 aliphatic rings. The number of likely N-dealkylation sites (tertiary alicyclic amines) is 1. The van der Waals surface area contributed by atoms with Gasteiger partial charge in [0.2, 0.25) is 5.91 Å². The Hall–Kier alpha value is -2.24. The SMILES string of the molecule is Cc1ccc(CNC(=O)[C@H](C)N2CCC(c3nc4ccccc4s3)CC2)cc1. The van der Waals surface area contributed by atoms with Gasteiger partial charge in [0.1, 0.15) is 0 Å². The Morgan fingerprint density at radius 3 is 2.61 bits per heavy atom. The molecule has 0 radical (unpaired) electrons. The third-order valence-electron chi connectivity index (χ3n) is 5.70. The van der Waals surface area contributed by atoms with Crippen molar-refractivity contribution in [2.24, 2.45) is 0 Å². The quantitative estimate of drug-likeness (QED) is 0.695. The van der Waals surface area contributed by atoms with Crippen LogP contribution < -0.4 is 5.32 Å². The van der Waals surface area contributed by atoms with Crippen LogP contribution in [0.5, 0.6) is 0 Å². The lowest BCUT2D eigenvalue weighted by molar-refractivity contribution is -0.126. The molecule has 4 nitrogen and oxygen atoms in total. The average molecular weight is 394 g/mol. The fourth-order valence-corrected chi connectivity index (χ4v) is 4.94. The molecule has 4 rings (SSSR count). The number of fused-ring (bicyclic) bond motifs is 1. The first kappa shape index (κ1) is 19.1. The minimum Gasteiger partial charge on any atom is -0.351 e. The highest BCUT2D eigenvalue weighted by Crippen LogP contribution is 2.34. The van der Waals surface area contributed by atoms with Crippen molar-refractivity contribution in [2.75, 3.05) is 13.1 Å². The number of aryl methyl sites for hydroxylation is 1. The van der Waals surface area contributed by atoms with E-state index in [1.54, 1.807) is 0 Å². The van der Waals surface area contributed by atoms with Crippen LogP contribution in [-0.2, 0) is 11.3 Å². The van der Waals surface area contributed by atoms with Gasteiger partial charge in [-0.1, -0.05) is 42.0 Å². The van der Waals surface area contributed by atoms with E-state index in [4.69, 9.17) is 4.98 Å². The first-order valence-electron chi connectivity index (χ1n) is 10.0. The Morgan fingerprint density at radius 1 is 1.18 bits per heavy atom. The molecule has 0 unspecified atom stereocenters. The number of thiazole rings is 1. The van der Waals surface area contributed by atoms with E-state index in [-0.39, 0.29) is 11.9 Å². The molecule has 1 N–H and O–H groups in total. The van der Waals surface area contributed by atoms with Crippen molar-refractivity contribution >= 4 is 27.5 Å². The fourth-order valence-electron chi connectivity index (χ4n) is 3.81. The van der Waals surface area contributed by atoms with Gasteiger partial charge in [-0.05, 0) is 57.5 Å². The zero-order valence-corrected chi connectivity index (χ0v) is 17.3. The van der Waals surface area contributed by atoms with Crippen LogP contribution in [0, 0.1) is 6.92 Å². The topological polar surface area (TPSA) is 45.2 Å². The van der Waals surface area contributed by atoms with E-state index in [0.717, 1.165) is 37.0 Å². The maximum Gasteiger partial charge on any atom is 0.237 e. The van der Waals surface area contributed by atoms with Gasteiger partial charge < -0.3 is 5.32 Å². The number of hydrogen-bond donors (Lipinski definition) is 1. The zero-order valence-electron chi connectivity index (χ0n) is 16.5. The number of piperidine rings is 1. The molecule has 0 spiro atoms. The second-order valence-electron chi connectivity index (χ2n) is 7.71. The molecule has 1 aliphatic heterocycles. The van der Waals surface area contributed by atoms with Gasteiger partial charge in [-0.15, -0.1) is 11.3 Å². The van der Waals surface area contributed by atoms with Crippen LogP contribution in [0.25, 0.3) is 10.2 Å². The second kappa shape index (κ2) is 8.41. The summed E-state index contributed by atoms with van der Waals surface area (Å²) in [6, 6.07) is 16.6.